The lowest BCUT2D eigenvalue weighted by Crippen LogP contribution is -2.36. The molecule has 0 saturated heterocycles. The predicted octanol–water partition coefficient (Wildman–Crippen LogP) is 2.16. The van der Waals surface area contributed by atoms with Gasteiger partial charge in [0.15, 0.2) is 17.3 Å². The molecule has 0 aliphatic carbocycles. The summed E-state index contributed by atoms with van der Waals surface area (Å²) < 4.78 is 16.7. The summed E-state index contributed by atoms with van der Waals surface area (Å²) in [5, 5.41) is 6.27. The zero-order valence-electron chi connectivity index (χ0n) is 14.4. The van der Waals surface area contributed by atoms with Gasteiger partial charge in [-0.2, -0.15) is 0 Å². The Bertz CT molecular complexity index is 836. The first kappa shape index (κ1) is 18.2. The van der Waals surface area contributed by atoms with E-state index in [0.29, 0.717) is 36.3 Å². The van der Waals surface area contributed by atoms with Crippen molar-refractivity contribution >= 4 is 33.6 Å². The summed E-state index contributed by atoms with van der Waals surface area (Å²) in [4.78, 5) is 25.8. The van der Waals surface area contributed by atoms with E-state index in [4.69, 9.17) is 14.0 Å². The maximum absolute atomic E-state index is 12.4. The number of aromatic nitrogens is 1. The van der Waals surface area contributed by atoms with Crippen molar-refractivity contribution in [3.05, 3.63) is 34.0 Å². The number of likely N-dealkylation sites (N-methyl/N-ethyl adjacent to an activating group) is 1. The van der Waals surface area contributed by atoms with E-state index in [2.05, 4.69) is 26.4 Å². The molecule has 1 aliphatic rings. The highest BCUT2D eigenvalue weighted by Crippen LogP contribution is 2.35. The Morgan fingerprint density at radius 3 is 2.58 bits per heavy atom. The van der Waals surface area contributed by atoms with Gasteiger partial charge in [0.25, 0.3) is 0 Å². The van der Waals surface area contributed by atoms with Gasteiger partial charge >= 0.3 is 0 Å². The first-order valence-corrected chi connectivity index (χ1v) is 8.77. The van der Waals surface area contributed by atoms with Crippen molar-refractivity contribution in [1.82, 2.24) is 10.1 Å². The number of ether oxygens (including phenoxy) is 2. The van der Waals surface area contributed by atoms with Crippen molar-refractivity contribution in [2.45, 2.75) is 13.3 Å². The first-order chi connectivity index (χ1) is 12.4. The van der Waals surface area contributed by atoms with E-state index in [-0.39, 0.29) is 24.8 Å². The van der Waals surface area contributed by atoms with Crippen molar-refractivity contribution < 1.29 is 23.6 Å². The van der Waals surface area contributed by atoms with Crippen LogP contribution in [-0.4, -0.2) is 48.7 Å². The van der Waals surface area contributed by atoms with E-state index in [1.54, 1.807) is 32.2 Å². The third kappa shape index (κ3) is 4.34. The fraction of sp³-hybridized carbons (Fsp3) is 0.353. The lowest BCUT2D eigenvalue weighted by Gasteiger charge is -2.21. The van der Waals surface area contributed by atoms with Gasteiger partial charge in [-0.1, -0.05) is 21.1 Å². The number of rotatable bonds is 5. The van der Waals surface area contributed by atoms with Crippen LogP contribution in [-0.2, 0) is 16.0 Å². The minimum Gasteiger partial charge on any atom is -0.486 e. The maximum atomic E-state index is 12.4. The average Bonchev–Trinajstić information content (AvgIpc) is 3.00. The third-order valence-corrected chi connectivity index (χ3v) is 4.49. The van der Waals surface area contributed by atoms with E-state index in [0.717, 1.165) is 10.0 Å². The van der Waals surface area contributed by atoms with Crippen LogP contribution in [0.15, 0.2) is 27.2 Å². The average molecular weight is 424 g/mol. The monoisotopic (exact) mass is 423 g/mol. The Labute approximate surface area is 158 Å². The number of halogens is 1. The van der Waals surface area contributed by atoms with Crippen LogP contribution in [0.2, 0.25) is 0 Å². The molecular weight excluding hydrogens is 406 g/mol. The smallest absolute Gasteiger partial charge is 0.245 e. The molecule has 0 bridgehead atoms. The maximum Gasteiger partial charge on any atom is 0.245 e. The molecule has 9 heteroatoms. The summed E-state index contributed by atoms with van der Waals surface area (Å²) in [5.41, 5.74) is 0.763. The van der Waals surface area contributed by atoms with E-state index >= 15 is 0 Å². The van der Waals surface area contributed by atoms with E-state index < -0.39 is 0 Å². The van der Waals surface area contributed by atoms with Crippen molar-refractivity contribution in [3.63, 3.8) is 0 Å². The fourth-order valence-corrected chi connectivity index (χ4v) is 2.91. The number of hydrogen-bond acceptors (Lipinski definition) is 6. The van der Waals surface area contributed by atoms with Gasteiger partial charge in [0, 0.05) is 17.6 Å². The van der Waals surface area contributed by atoms with Gasteiger partial charge in [0.05, 0.1) is 13.0 Å². The van der Waals surface area contributed by atoms with Crippen LogP contribution in [0.25, 0.3) is 0 Å². The molecule has 0 radical (unpaired) electrons. The lowest BCUT2D eigenvalue weighted by atomic mass is 10.1. The summed E-state index contributed by atoms with van der Waals surface area (Å²) in [6, 6.07) is 5.17. The minimum atomic E-state index is -0.351. The Balaban J connectivity index is 1.59. The summed E-state index contributed by atoms with van der Waals surface area (Å²) in [5.74, 6) is 1.62. The van der Waals surface area contributed by atoms with Gasteiger partial charge in [-0.3, -0.25) is 9.59 Å². The lowest BCUT2D eigenvalue weighted by molar-refractivity contribution is -0.132. The zero-order chi connectivity index (χ0) is 18.7. The molecule has 0 spiro atoms. The van der Waals surface area contributed by atoms with Crippen molar-refractivity contribution in [2.24, 2.45) is 0 Å². The highest BCUT2D eigenvalue weighted by atomic mass is 79.9. The van der Waals surface area contributed by atoms with Crippen molar-refractivity contribution in [1.29, 1.82) is 0 Å². The molecule has 26 heavy (non-hydrogen) atoms. The van der Waals surface area contributed by atoms with Crippen LogP contribution >= 0.6 is 15.9 Å². The molecule has 0 unspecified atom stereocenters. The molecule has 1 aliphatic heterocycles. The van der Waals surface area contributed by atoms with Gasteiger partial charge in [0.2, 0.25) is 11.8 Å². The van der Waals surface area contributed by atoms with E-state index in [9.17, 15) is 9.59 Å². The van der Waals surface area contributed by atoms with Crippen molar-refractivity contribution in [3.8, 4) is 11.5 Å². The molecule has 2 heterocycles. The molecule has 0 atom stereocenters. The van der Waals surface area contributed by atoms with E-state index in [1.165, 1.54) is 4.90 Å². The quantitative estimate of drug-likeness (QED) is 0.791. The standard InChI is InChI=1S/C17H18BrN3O5/c1-10-5-15(20-26-10)19-16(22)9-21(2)17(23)7-11-6-13-14(8-12(11)18)25-4-3-24-13/h5-6,8H,3-4,7,9H2,1-2H3,(H,19,20,22). The molecule has 2 aromatic rings. The number of amides is 2. The van der Waals surface area contributed by atoms with Crippen LogP contribution in [0.1, 0.15) is 11.3 Å². The summed E-state index contributed by atoms with van der Waals surface area (Å²) in [7, 11) is 1.57. The Morgan fingerprint density at radius 1 is 1.23 bits per heavy atom. The molecule has 2 amide bonds. The molecule has 8 nitrogen and oxygen atoms in total. The summed E-state index contributed by atoms with van der Waals surface area (Å²) >= 11 is 3.45. The Morgan fingerprint density at radius 2 is 1.92 bits per heavy atom. The molecule has 0 fully saturated rings. The number of fused-ring (bicyclic) bond motifs is 1. The SMILES string of the molecule is Cc1cc(NC(=O)CN(C)C(=O)Cc2cc3c(cc2Br)OCCO3)no1. The summed E-state index contributed by atoms with van der Waals surface area (Å²) in [6.07, 6.45) is 0.129. The molecule has 0 saturated carbocycles. The van der Waals surface area contributed by atoms with Crippen LogP contribution in [0.3, 0.4) is 0 Å². The van der Waals surface area contributed by atoms with Gasteiger partial charge in [0.1, 0.15) is 19.0 Å². The molecule has 3 rings (SSSR count). The second kappa shape index (κ2) is 7.77. The third-order valence-electron chi connectivity index (χ3n) is 3.75. The number of carbonyl (C=O) groups is 2. The first-order valence-electron chi connectivity index (χ1n) is 7.97. The van der Waals surface area contributed by atoms with Crippen LogP contribution in [0, 0.1) is 6.92 Å². The molecule has 1 N–H and O–H groups in total. The summed E-state index contributed by atoms with van der Waals surface area (Å²) in [6.45, 7) is 2.61. The van der Waals surface area contributed by atoms with Gasteiger partial charge in [-0.25, -0.2) is 0 Å². The predicted molar refractivity (Wildman–Crippen MR) is 96.3 cm³/mol. The highest BCUT2D eigenvalue weighted by Gasteiger charge is 2.19. The van der Waals surface area contributed by atoms with Gasteiger partial charge in [-0.15, -0.1) is 0 Å². The highest BCUT2D eigenvalue weighted by molar-refractivity contribution is 9.10. The molecule has 138 valence electrons. The van der Waals surface area contributed by atoms with Crippen LogP contribution in [0.5, 0.6) is 11.5 Å². The van der Waals surface area contributed by atoms with Gasteiger partial charge < -0.3 is 24.2 Å². The largest absolute Gasteiger partial charge is 0.486 e. The number of aryl methyl sites for hydroxylation is 1. The number of nitrogens with one attached hydrogen (secondary N) is 1. The topological polar surface area (TPSA) is 93.9 Å². The van der Waals surface area contributed by atoms with E-state index in [1.807, 2.05) is 0 Å². The van der Waals surface area contributed by atoms with Gasteiger partial charge in [-0.05, 0) is 24.6 Å². The molecule has 1 aromatic heterocycles. The number of nitrogens with zero attached hydrogens (tertiary/aromatic N) is 2. The van der Waals surface area contributed by atoms with Crippen molar-refractivity contribution in [2.75, 3.05) is 32.1 Å². The second-order valence-electron chi connectivity index (χ2n) is 5.88. The fourth-order valence-electron chi connectivity index (χ4n) is 2.45. The normalized spacial score (nSPS) is 12.6. The Kier molecular flexibility index (Phi) is 5.46. The molecular formula is C17H18BrN3O5. The molecule has 1 aromatic carbocycles. The Hall–Kier alpha value is -2.55. The minimum absolute atomic E-state index is 0.0904. The number of benzene rings is 1. The van der Waals surface area contributed by atoms with Crippen LogP contribution < -0.4 is 14.8 Å². The second-order valence-corrected chi connectivity index (χ2v) is 6.74. The number of anilines is 1. The van der Waals surface area contributed by atoms with Crippen LogP contribution in [0.4, 0.5) is 5.82 Å². The zero-order valence-corrected chi connectivity index (χ0v) is 16.0. The number of hydrogen-bond donors (Lipinski definition) is 1. The number of carbonyl (C=O) groups excluding carboxylic acids is 2.